The van der Waals surface area contributed by atoms with Gasteiger partial charge in [-0.3, -0.25) is 4.90 Å². The lowest BCUT2D eigenvalue weighted by Crippen LogP contribution is -2.53. The third kappa shape index (κ3) is 3.12. The molecule has 0 radical (unpaired) electrons. The number of hydrogen-bond acceptors (Lipinski definition) is 4. The van der Waals surface area contributed by atoms with Crippen molar-refractivity contribution in [1.29, 1.82) is 5.26 Å². The van der Waals surface area contributed by atoms with Crippen LogP contribution in [0.3, 0.4) is 0 Å². The zero-order valence-corrected chi connectivity index (χ0v) is 12.3. The first-order valence-corrected chi connectivity index (χ1v) is 7.36. The summed E-state index contributed by atoms with van der Waals surface area (Å²) in [5, 5.41) is 19.2. The third-order valence-corrected chi connectivity index (χ3v) is 4.17. The lowest BCUT2D eigenvalue weighted by Gasteiger charge is -2.43. The molecule has 4 nitrogen and oxygen atoms in total. The van der Waals surface area contributed by atoms with Gasteiger partial charge in [-0.15, -0.1) is 0 Å². The molecule has 0 aromatic heterocycles. The van der Waals surface area contributed by atoms with Crippen molar-refractivity contribution in [3.05, 3.63) is 29.8 Å². The van der Waals surface area contributed by atoms with Crippen molar-refractivity contribution in [2.75, 3.05) is 26.2 Å². The number of phenolic OH excluding ortho intramolecular Hbond substituents is 1. The summed E-state index contributed by atoms with van der Waals surface area (Å²) in [6.45, 7) is 8.34. The van der Waals surface area contributed by atoms with Gasteiger partial charge in [-0.1, -0.05) is 26.0 Å². The molecule has 0 spiro atoms. The molecule has 20 heavy (non-hydrogen) atoms. The Morgan fingerprint density at radius 2 is 2.20 bits per heavy atom. The minimum absolute atomic E-state index is 0.225. The van der Waals surface area contributed by atoms with Crippen LogP contribution in [0, 0.1) is 11.3 Å². The van der Waals surface area contributed by atoms with Crippen molar-refractivity contribution >= 4 is 0 Å². The number of phenols is 1. The van der Waals surface area contributed by atoms with Gasteiger partial charge in [-0.05, 0) is 30.7 Å². The van der Waals surface area contributed by atoms with Crippen LogP contribution in [0.2, 0.25) is 0 Å². The van der Waals surface area contributed by atoms with Crippen LogP contribution in [-0.4, -0.2) is 47.1 Å². The molecule has 1 fully saturated rings. The van der Waals surface area contributed by atoms with Crippen LogP contribution in [-0.2, 0) is 0 Å². The third-order valence-electron chi connectivity index (χ3n) is 4.17. The number of nitrogens with zero attached hydrogens (tertiary/aromatic N) is 3. The number of nitriles is 1. The molecule has 1 aromatic carbocycles. The lowest BCUT2D eigenvalue weighted by atomic mass is 10.0. The number of rotatable bonds is 4. The predicted octanol–water partition coefficient (Wildman–Crippen LogP) is 2.37. The number of piperazine rings is 1. The molecule has 0 aliphatic carbocycles. The first-order chi connectivity index (χ1) is 9.69. The van der Waals surface area contributed by atoms with E-state index in [0.717, 1.165) is 38.2 Å². The fraction of sp³-hybridized carbons (Fsp3) is 0.562. The number of benzene rings is 1. The van der Waals surface area contributed by atoms with Crippen LogP contribution in [0.1, 0.15) is 31.9 Å². The van der Waals surface area contributed by atoms with Crippen LogP contribution in [0.5, 0.6) is 5.75 Å². The van der Waals surface area contributed by atoms with Crippen molar-refractivity contribution in [3.8, 4) is 11.8 Å². The maximum atomic E-state index is 9.62. The maximum absolute atomic E-state index is 9.62. The fourth-order valence-corrected chi connectivity index (χ4v) is 2.96. The molecule has 2 unspecified atom stereocenters. The quantitative estimate of drug-likeness (QED) is 0.915. The van der Waals surface area contributed by atoms with E-state index in [2.05, 4.69) is 29.7 Å². The minimum Gasteiger partial charge on any atom is -0.508 e. The highest BCUT2D eigenvalue weighted by Crippen LogP contribution is 2.28. The Kier molecular flexibility index (Phi) is 4.99. The zero-order valence-electron chi connectivity index (χ0n) is 12.3. The van der Waals surface area contributed by atoms with Crippen LogP contribution >= 0.6 is 0 Å². The summed E-state index contributed by atoms with van der Waals surface area (Å²) in [5.41, 5.74) is 0.885. The van der Waals surface area contributed by atoms with Gasteiger partial charge in [0.1, 0.15) is 11.8 Å². The van der Waals surface area contributed by atoms with Crippen molar-refractivity contribution in [2.24, 2.45) is 0 Å². The van der Waals surface area contributed by atoms with Crippen LogP contribution in [0.4, 0.5) is 0 Å². The Labute approximate surface area is 121 Å². The average Bonchev–Trinajstić information content (AvgIpc) is 2.48. The van der Waals surface area contributed by atoms with Gasteiger partial charge in [-0.25, -0.2) is 0 Å². The molecule has 1 aliphatic heterocycles. The molecule has 1 N–H and O–H groups in total. The van der Waals surface area contributed by atoms with Gasteiger partial charge in [0.05, 0.1) is 6.07 Å². The molecule has 0 bridgehead atoms. The molecule has 1 aliphatic rings. The van der Waals surface area contributed by atoms with Crippen LogP contribution in [0.25, 0.3) is 0 Å². The van der Waals surface area contributed by atoms with Gasteiger partial charge in [0.15, 0.2) is 0 Å². The summed E-state index contributed by atoms with van der Waals surface area (Å²) in [5.74, 6) is 0.225. The van der Waals surface area contributed by atoms with E-state index in [9.17, 15) is 10.4 Å². The van der Waals surface area contributed by atoms with E-state index in [4.69, 9.17) is 0 Å². The molecular weight excluding hydrogens is 250 g/mol. The summed E-state index contributed by atoms with van der Waals surface area (Å²) in [6, 6.07) is 9.61. The summed E-state index contributed by atoms with van der Waals surface area (Å²) in [6.07, 6.45) is 1.04. The standard InChI is InChI=1S/C16H23N3O/c1-3-14-12-18(4-2)8-9-19(14)16(11-17)13-6-5-7-15(20)10-13/h5-7,10,14,16,20H,3-4,8-9,12H2,1-2H3. The second kappa shape index (κ2) is 6.74. The highest BCUT2D eigenvalue weighted by molar-refractivity contribution is 5.32. The second-order valence-electron chi connectivity index (χ2n) is 5.32. The van der Waals surface area contributed by atoms with Gasteiger partial charge < -0.3 is 10.0 Å². The molecule has 0 saturated carbocycles. The number of aromatic hydroxyl groups is 1. The molecule has 2 atom stereocenters. The summed E-state index contributed by atoms with van der Waals surface area (Å²) < 4.78 is 0. The first kappa shape index (κ1) is 14.8. The fourth-order valence-electron chi connectivity index (χ4n) is 2.96. The van der Waals surface area contributed by atoms with Gasteiger partial charge >= 0.3 is 0 Å². The van der Waals surface area contributed by atoms with E-state index in [1.54, 1.807) is 18.2 Å². The average molecular weight is 273 g/mol. The minimum atomic E-state index is -0.272. The van der Waals surface area contributed by atoms with Gasteiger partial charge in [-0.2, -0.15) is 5.26 Å². The Hall–Kier alpha value is -1.57. The van der Waals surface area contributed by atoms with Gasteiger partial charge in [0.2, 0.25) is 0 Å². The van der Waals surface area contributed by atoms with Crippen LogP contribution in [0.15, 0.2) is 24.3 Å². The largest absolute Gasteiger partial charge is 0.508 e. The highest BCUT2D eigenvalue weighted by atomic mass is 16.3. The van der Waals surface area contributed by atoms with E-state index >= 15 is 0 Å². The summed E-state index contributed by atoms with van der Waals surface area (Å²) >= 11 is 0. The normalized spacial score (nSPS) is 22.4. The molecule has 0 amide bonds. The zero-order chi connectivity index (χ0) is 14.5. The lowest BCUT2D eigenvalue weighted by molar-refractivity contribution is 0.0569. The molecule has 1 aromatic rings. The Morgan fingerprint density at radius 1 is 1.40 bits per heavy atom. The first-order valence-electron chi connectivity index (χ1n) is 7.36. The summed E-state index contributed by atoms with van der Waals surface area (Å²) in [4.78, 5) is 4.71. The molecule has 1 heterocycles. The molecule has 2 rings (SSSR count). The van der Waals surface area contributed by atoms with E-state index < -0.39 is 0 Å². The van der Waals surface area contributed by atoms with Gasteiger partial charge in [0, 0.05) is 25.7 Å². The Morgan fingerprint density at radius 3 is 2.80 bits per heavy atom. The van der Waals surface area contributed by atoms with E-state index in [1.165, 1.54) is 0 Å². The predicted molar refractivity (Wildman–Crippen MR) is 79.4 cm³/mol. The second-order valence-corrected chi connectivity index (χ2v) is 5.32. The molecular formula is C16H23N3O. The molecule has 4 heteroatoms. The van der Waals surface area contributed by atoms with E-state index in [1.807, 2.05) is 6.07 Å². The van der Waals surface area contributed by atoms with Crippen LogP contribution < -0.4 is 0 Å². The number of hydrogen-bond donors (Lipinski definition) is 1. The van der Waals surface area contributed by atoms with Crippen molar-refractivity contribution in [3.63, 3.8) is 0 Å². The molecule has 1 saturated heterocycles. The monoisotopic (exact) mass is 273 g/mol. The highest BCUT2D eigenvalue weighted by Gasteiger charge is 2.31. The van der Waals surface area contributed by atoms with E-state index in [0.29, 0.717) is 6.04 Å². The topological polar surface area (TPSA) is 50.5 Å². The smallest absolute Gasteiger partial charge is 0.124 e. The van der Waals surface area contributed by atoms with Crippen molar-refractivity contribution in [2.45, 2.75) is 32.4 Å². The van der Waals surface area contributed by atoms with E-state index in [-0.39, 0.29) is 11.8 Å². The van der Waals surface area contributed by atoms with Crippen molar-refractivity contribution in [1.82, 2.24) is 9.80 Å². The number of likely N-dealkylation sites (N-methyl/N-ethyl adjacent to an activating group) is 1. The molecule has 108 valence electrons. The van der Waals surface area contributed by atoms with Crippen molar-refractivity contribution < 1.29 is 5.11 Å². The Bertz CT molecular complexity index is 483. The van der Waals surface area contributed by atoms with Gasteiger partial charge in [0.25, 0.3) is 0 Å². The Balaban J connectivity index is 2.21. The summed E-state index contributed by atoms with van der Waals surface area (Å²) in [7, 11) is 0. The SMILES string of the molecule is CCC1CN(CC)CCN1C(C#N)c1cccc(O)c1. The maximum Gasteiger partial charge on any atom is 0.124 e.